The Hall–Kier alpha value is -3.02. The van der Waals surface area contributed by atoms with E-state index < -0.39 is 11.8 Å². The van der Waals surface area contributed by atoms with Crippen LogP contribution in [0.25, 0.3) is 0 Å². The zero-order valence-electron chi connectivity index (χ0n) is 15.2. The predicted molar refractivity (Wildman–Crippen MR) is 98.5 cm³/mol. The topological polar surface area (TPSA) is 59.1 Å². The number of hydrogen-bond donors (Lipinski definition) is 0. The number of piperazine rings is 1. The van der Waals surface area contributed by atoms with Crippen LogP contribution in [0.1, 0.15) is 11.1 Å². The molecule has 0 aliphatic carbocycles. The fraction of sp³-hybridized carbons (Fsp3) is 0.300. The van der Waals surface area contributed by atoms with Crippen molar-refractivity contribution in [2.45, 2.75) is 13.5 Å². The lowest BCUT2D eigenvalue weighted by Crippen LogP contribution is -2.54. The maximum atomic E-state index is 12.6. The number of aryl methyl sites for hydroxylation is 1. The summed E-state index contributed by atoms with van der Waals surface area (Å²) >= 11 is 0. The monoisotopic (exact) mass is 354 g/mol. The highest BCUT2D eigenvalue weighted by atomic mass is 16.5. The van der Waals surface area contributed by atoms with Gasteiger partial charge in [0.2, 0.25) is 0 Å². The first-order chi connectivity index (χ1) is 12.5. The molecule has 1 aliphatic rings. The molecule has 1 saturated heterocycles. The van der Waals surface area contributed by atoms with Crippen LogP contribution in [0.4, 0.5) is 5.69 Å². The van der Waals surface area contributed by atoms with Gasteiger partial charge in [0.05, 0.1) is 14.2 Å². The summed E-state index contributed by atoms with van der Waals surface area (Å²) in [7, 11) is 3.09. The second-order valence-electron chi connectivity index (χ2n) is 6.21. The molecule has 2 aromatic rings. The van der Waals surface area contributed by atoms with Crippen molar-refractivity contribution in [3.63, 3.8) is 0 Å². The molecule has 136 valence electrons. The second kappa shape index (κ2) is 7.47. The van der Waals surface area contributed by atoms with Crippen LogP contribution in [-0.2, 0) is 16.1 Å². The number of nitrogens with zero attached hydrogens (tertiary/aromatic N) is 2. The lowest BCUT2D eigenvalue weighted by Gasteiger charge is -2.34. The van der Waals surface area contributed by atoms with Gasteiger partial charge in [0.15, 0.2) is 11.5 Å². The van der Waals surface area contributed by atoms with E-state index in [2.05, 4.69) is 0 Å². The van der Waals surface area contributed by atoms with Gasteiger partial charge >= 0.3 is 11.8 Å². The van der Waals surface area contributed by atoms with E-state index >= 15 is 0 Å². The van der Waals surface area contributed by atoms with Gasteiger partial charge in [-0.15, -0.1) is 0 Å². The highest BCUT2D eigenvalue weighted by Gasteiger charge is 2.33. The van der Waals surface area contributed by atoms with Gasteiger partial charge in [-0.25, -0.2) is 0 Å². The summed E-state index contributed by atoms with van der Waals surface area (Å²) in [6.45, 7) is 3.36. The molecule has 0 spiro atoms. The van der Waals surface area contributed by atoms with E-state index in [4.69, 9.17) is 9.47 Å². The molecular formula is C20H22N2O4. The largest absolute Gasteiger partial charge is 0.493 e. The molecule has 0 atom stereocenters. The molecule has 0 saturated carbocycles. The lowest BCUT2D eigenvalue weighted by atomic mass is 10.1. The maximum absolute atomic E-state index is 12.6. The third-order valence-electron chi connectivity index (χ3n) is 4.48. The van der Waals surface area contributed by atoms with Crippen molar-refractivity contribution in [1.82, 2.24) is 4.90 Å². The highest BCUT2D eigenvalue weighted by Crippen LogP contribution is 2.32. The maximum Gasteiger partial charge on any atom is 0.316 e. The molecule has 6 nitrogen and oxygen atoms in total. The molecule has 2 aromatic carbocycles. The SMILES string of the molecule is COc1ccc(N2CCN(Cc3ccc(C)cc3)C(=O)C2=O)cc1OC. The normalized spacial score (nSPS) is 14.6. The van der Waals surface area contributed by atoms with E-state index in [9.17, 15) is 9.59 Å². The first-order valence-corrected chi connectivity index (χ1v) is 8.42. The third kappa shape index (κ3) is 3.49. The molecule has 0 radical (unpaired) electrons. The van der Waals surface area contributed by atoms with Gasteiger partial charge in [0.25, 0.3) is 0 Å². The van der Waals surface area contributed by atoms with Crippen molar-refractivity contribution in [2.24, 2.45) is 0 Å². The fourth-order valence-electron chi connectivity index (χ4n) is 2.98. The number of carbonyl (C=O) groups excluding carboxylic acids is 2. The summed E-state index contributed by atoms with van der Waals surface area (Å²) in [5.74, 6) is 0.0718. The van der Waals surface area contributed by atoms with Crippen molar-refractivity contribution >= 4 is 17.5 Å². The van der Waals surface area contributed by atoms with Gasteiger partial charge in [-0.05, 0) is 24.6 Å². The summed E-state index contributed by atoms with van der Waals surface area (Å²) in [5, 5.41) is 0. The van der Waals surface area contributed by atoms with E-state index in [0.717, 1.165) is 11.1 Å². The van der Waals surface area contributed by atoms with E-state index in [-0.39, 0.29) is 0 Å². The average Bonchev–Trinajstić information content (AvgIpc) is 2.67. The minimum atomic E-state index is -0.532. The number of methoxy groups -OCH3 is 2. The van der Waals surface area contributed by atoms with E-state index in [0.29, 0.717) is 36.8 Å². The van der Waals surface area contributed by atoms with Crippen molar-refractivity contribution in [3.05, 3.63) is 53.6 Å². The van der Waals surface area contributed by atoms with Crippen molar-refractivity contribution in [3.8, 4) is 11.5 Å². The quantitative estimate of drug-likeness (QED) is 0.774. The van der Waals surface area contributed by atoms with Gasteiger partial charge in [-0.2, -0.15) is 0 Å². The van der Waals surface area contributed by atoms with E-state index in [1.165, 1.54) is 12.0 Å². The van der Waals surface area contributed by atoms with E-state index in [1.807, 2.05) is 31.2 Å². The van der Waals surface area contributed by atoms with Crippen LogP contribution in [0, 0.1) is 6.92 Å². The smallest absolute Gasteiger partial charge is 0.316 e. The Morgan fingerprint density at radius 1 is 0.885 bits per heavy atom. The summed E-state index contributed by atoms with van der Waals surface area (Å²) in [5.41, 5.74) is 2.79. The van der Waals surface area contributed by atoms with Crippen LogP contribution in [0.2, 0.25) is 0 Å². The van der Waals surface area contributed by atoms with Crippen molar-refractivity contribution in [2.75, 3.05) is 32.2 Å². The number of anilines is 1. The Kier molecular flexibility index (Phi) is 5.11. The van der Waals surface area contributed by atoms with Gasteiger partial charge in [0.1, 0.15) is 0 Å². The number of ether oxygens (including phenoxy) is 2. The zero-order chi connectivity index (χ0) is 18.7. The first-order valence-electron chi connectivity index (χ1n) is 8.42. The van der Waals surface area contributed by atoms with Gasteiger partial charge in [0, 0.05) is 31.4 Å². The summed E-state index contributed by atoms with van der Waals surface area (Å²) in [4.78, 5) is 28.2. The second-order valence-corrected chi connectivity index (χ2v) is 6.21. The third-order valence-corrected chi connectivity index (χ3v) is 4.48. The number of hydrogen-bond acceptors (Lipinski definition) is 4. The minimum Gasteiger partial charge on any atom is -0.493 e. The van der Waals surface area contributed by atoms with E-state index in [1.54, 1.807) is 30.2 Å². The van der Waals surface area contributed by atoms with Gasteiger partial charge in [-0.1, -0.05) is 29.8 Å². The Bertz CT molecular complexity index is 817. The molecule has 6 heteroatoms. The van der Waals surface area contributed by atoms with Crippen LogP contribution >= 0.6 is 0 Å². The molecule has 2 amide bonds. The lowest BCUT2D eigenvalue weighted by molar-refractivity contribution is -0.146. The Labute approximate surface area is 152 Å². The molecule has 0 unspecified atom stereocenters. The summed E-state index contributed by atoms with van der Waals surface area (Å²) in [6.07, 6.45) is 0. The molecule has 3 rings (SSSR count). The van der Waals surface area contributed by atoms with Crippen LogP contribution in [0.5, 0.6) is 11.5 Å². The molecule has 26 heavy (non-hydrogen) atoms. The van der Waals surface area contributed by atoms with Gasteiger partial charge in [-0.3, -0.25) is 9.59 Å². The number of amides is 2. The van der Waals surface area contributed by atoms with Crippen LogP contribution in [0.3, 0.4) is 0 Å². The molecular weight excluding hydrogens is 332 g/mol. The van der Waals surface area contributed by atoms with Crippen molar-refractivity contribution < 1.29 is 19.1 Å². The van der Waals surface area contributed by atoms with Crippen LogP contribution in [-0.4, -0.2) is 44.0 Å². The standard InChI is InChI=1S/C20H22N2O4/c1-14-4-6-15(7-5-14)13-21-10-11-22(20(24)19(21)23)16-8-9-17(25-2)18(12-16)26-3/h4-9,12H,10-11,13H2,1-3H3. The molecule has 1 aliphatic heterocycles. The Balaban J connectivity index is 1.75. The number of benzene rings is 2. The van der Waals surface area contributed by atoms with Crippen LogP contribution < -0.4 is 14.4 Å². The first kappa shape index (κ1) is 17.8. The minimum absolute atomic E-state index is 0.435. The molecule has 0 N–H and O–H groups in total. The summed E-state index contributed by atoms with van der Waals surface area (Å²) < 4.78 is 10.5. The zero-order valence-corrected chi connectivity index (χ0v) is 15.2. The Morgan fingerprint density at radius 3 is 2.23 bits per heavy atom. The Morgan fingerprint density at radius 2 is 1.58 bits per heavy atom. The fourth-order valence-corrected chi connectivity index (χ4v) is 2.98. The number of carbonyl (C=O) groups is 2. The molecule has 0 aromatic heterocycles. The average molecular weight is 354 g/mol. The molecule has 1 fully saturated rings. The molecule has 0 bridgehead atoms. The van der Waals surface area contributed by atoms with Crippen LogP contribution in [0.15, 0.2) is 42.5 Å². The summed E-state index contributed by atoms with van der Waals surface area (Å²) in [6, 6.07) is 13.1. The molecule has 1 heterocycles. The predicted octanol–water partition coefficient (Wildman–Crippen LogP) is 2.39. The van der Waals surface area contributed by atoms with Crippen molar-refractivity contribution in [1.29, 1.82) is 0 Å². The van der Waals surface area contributed by atoms with Gasteiger partial charge < -0.3 is 19.3 Å². The number of rotatable bonds is 5. The highest BCUT2D eigenvalue weighted by molar-refractivity contribution is 6.40.